The van der Waals surface area contributed by atoms with Crippen LogP contribution < -0.4 is 0 Å². The van der Waals surface area contributed by atoms with Gasteiger partial charge < -0.3 is 13.8 Å². The maximum Gasteiger partial charge on any atom is 0.231 e. The topological polar surface area (TPSA) is 77.4 Å². The highest BCUT2D eigenvalue weighted by atomic mass is 16.5. The number of hydrogen-bond acceptors (Lipinski definition) is 7. The molecule has 1 aliphatic carbocycles. The van der Waals surface area contributed by atoms with Gasteiger partial charge in [-0.05, 0) is 32.2 Å². The molecular weight excluding hydrogens is 344 g/mol. The Morgan fingerprint density at radius 1 is 1.07 bits per heavy atom. The van der Waals surface area contributed by atoms with Crippen molar-refractivity contribution in [3.63, 3.8) is 0 Å². The molecule has 0 spiro atoms. The number of nitrogens with zero attached hydrogens (tertiary/aromatic N) is 4. The number of hydrogen-bond donors (Lipinski definition) is 0. The van der Waals surface area contributed by atoms with E-state index < -0.39 is 0 Å². The number of rotatable bonds is 7. The van der Waals surface area contributed by atoms with Gasteiger partial charge in [0.25, 0.3) is 0 Å². The van der Waals surface area contributed by atoms with Gasteiger partial charge in [-0.3, -0.25) is 4.90 Å². The van der Waals surface area contributed by atoms with Crippen molar-refractivity contribution in [1.82, 2.24) is 20.2 Å². The van der Waals surface area contributed by atoms with Crippen molar-refractivity contribution in [3.8, 4) is 0 Å². The van der Waals surface area contributed by atoms with Crippen LogP contribution in [0.5, 0.6) is 0 Å². The molecule has 0 N–H and O–H groups in total. The second-order valence-corrected chi connectivity index (χ2v) is 7.92. The lowest BCUT2D eigenvalue weighted by molar-refractivity contribution is 0.164. The van der Waals surface area contributed by atoms with Crippen LogP contribution in [0, 0.1) is 0 Å². The zero-order valence-electron chi connectivity index (χ0n) is 16.2. The Morgan fingerprint density at radius 2 is 1.93 bits per heavy atom. The van der Waals surface area contributed by atoms with E-state index in [0.717, 1.165) is 55.6 Å². The SMILES string of the molecule is COCCc1noc(C2CCCN(Cc3cc(C4CCCCC4)no3)C2)n1. The van der Waals surface area contributed by atoms with Crippen molar-refractivity contribution in [3.05, 3.63) is 29.2 Å². The van der Waals surface area contributed by atoms with Gasteiger partial charge in [0.05, 0.1) is 24.8 Å². The quantitative estimate of drug-likeness (QED) is 0.731. The van der Waals surface area contributed by atoms with Gasteiger partial charge in [-0.1, -0.05) is 29.6 Å². The molecule has 0 amide bonds. The van der Waals surface area contributed by atoms with E-state index >= 15 is 0 Å². The average Bonchev–Trinajstić information content (AvgIpc) is 3.37. The fourth-order valence-electron chi connectivity index (χ4n) is 4.34. The molecule has 2 aliphatic rings. The Bertz CT molecular complexity index is 708. The van der Waals surface area contributed by atoms with Crippen molar-refractivity contribution < 1.29 is 13.8 Å². The van der Waals surface area contributed by atoms with Crippen LogP contribution in [0.1, 0.15) is 80.0 Å². The fourth-order valence-corrected chi connectivity index (χ4v) is 4.34. The van der Waals surface area contributed by atoms with E-state index in [-0.39, 0.29) is 0 Å². The smallest absolute Gasteiger partial charge is 0.231 e. The average molecular weight is 374 g/mol. The Kier molecular flexibility index (Phi) is 6.19. The maximum atomic E-state index is 5.65. The zero-order chi connectivity index (χ0) is 18.5. The molecule has 148 valence electrons. The van der Waals surface area contributed by atoms with Gasteiger partial charge in [0.1, 0.15) is 0 Å². The van der Waals surface area contributed by atoms with E-state index in [2.05, 4.69) is 26.3 Å². The highest BCUT2D eigenvalue weighted by molar-refractivity contribution is 5.11. The summed E-state index contributed by atoms with van der Waals surface area (Å²) in [7, 11) is 1.68. The molecule has 1 saturated carbocycles. The second kappa shape index (κ2) is 8.97. The Labute approximate surface area is 160 Å². The normalized spacial score (nSPS) is 22.3. The van der Waals surface area contributed by atoms with Crippen molar-refractivity contribution >= 4 is 0 Å². The molecule has 2 aromatic heterocycles. The molecule has 1 unspecified atom stereocenters. The van der Waals surface area contributed by atoms with E-state index in [9.17, 15) is 0 Å². The van der Waals surface area contributed by atoms with Crippen molar-refractivity contribution in [2.24, 2.45) is 0 Å². The molecule has 0 aromatic carbocycles. The van der Waals surface area contributed by atoms with E-state index in [0.29, 0.717) is 24.9 Å². The number of piperidine rings is 1. The van der Waals surface area contributed by atoms with Crippen molar-refractivity contribution in [2.45, 2.75) is 69.7 Å². The van der Waals surface area contributed by atoms with Gasteiger partial charge >= 0.3 is 0 Å². The van der Waals surface area contributed by atoms with Crippen LogP contribution in [0.2, 0.25) is 0 Å². The Morgan fingerprint density at radius 3 is 2.78 bits per heavy atom. The van der Waals surface area contributed by atoms with Crippen LogP contribution in [-0.4, -0.2) is 47.0 Å². The van der Waals surface area contributed by atoms with E-state index in [1.54, 1.807) is 7.11 Å². The minimum atomic E-state index is 0.295. The number of aromatic nitrogens is 3. The standard InChI is InChI=1S/C20H30N4O3/c1-25-11-9-19-21-20(27-23-19)16-8-5-10-24(13-16)14-17-12-18(22-26-17)15-6-3-2-4-7-15/h12,15-16H,2-11,13-14H2,1H3. The van der Waals surface area contributed by atoms with Gasteiger partial charge in [0.15, 0.2) is 11.6 Å². The molecule has 7 heteroatoms. The summed E-state index contributed by atoms with van der Waals surface area (Å²) in [5.41, 5.74) is 1.15. The van der Waals surface area contributed by atoms with Crippen LogP contribution in [0.25, 0.3) is 0 Å². The van der Waals surface area contributed by atoms with E-state index in [1.807, 2.05) is 0 Å². The van der Waals surface area contributed by atoms with Gasteiger partial charge in [0.2, 0.25) is 5.89 Å². The molecule has 2 aromatic rings. The lowest BCUT2D eigenvalue weighted by Crippen LogP contribution is -2.33. The third-order valence-corrected chi connectivity index (χ3v) is 5.85. The molecule has 4 rings (SSSR count). The first-order chi connectivity index (χ1) is 13.3. The van der Waals surface area contributed by atoms with Crippen LogP contribution in [0.15, 0.2) is 15.1 Å². The monoisotopic (exact) mass is 374 g/mol. The molecule has 1 saturated heterocycles. The summed E-state index contributed by atoms with van der Waals surface area (Å²) in [5, 5.41) is 8.44. The predicted molar refractivity (Wildman–Crippen MR) is 99.5 cm³/mol. The molecule has 1 atom stereocenters. The molecule has 3 heterocycles. The summed E-state index contributed by atoms with van der Waals surface area (Å²) in [5.74, 6) is 3.35. The zero-order valence-corrected chi connectivity index (χ0v) is 16.2. The van der Waals surface area contributed by atoms with E-state index in [4.69, 9.17) is 13.8 Å². The molecule has 2 fully saturated rings. The van der Waals surface area contributed by atoms with Gasteiger partial charge in [-0.2, -0.15) is 4.98 Å². The highest BCUT2D eigenvalue weighted by Gasteiger charge is 2.27. The molecule has 1 aliphatic heterocycles. The Balaban J connectivity index is 1.33. The summed E-state index contributed by atoms with van der Waals surface area (Å²) >= 11 is 0. The van der Waals surface area contributed by atoms with Gasteiger partial charge in [0, 0.05) is 32.1 Å². The maximum absolute atomic E-state index is 5.65. The van der Waals surface area contributed by atoms with E-state index in [1.165, 1.54) is 32.1 Å². The van der Waals surface area contributed by atoms with Crippen LogP contribution in [0.3, 0.4) is 0 Å². The third-order valence-electron chi connectivity index (χ3n) is 5.85. The summed E-state index contributed by atoms with van der Waals surface area (Å²) in [6, 6.07) is 2.18. The van der Waals surface area contributed by atoms with Crippen molar-refractivity contribution in [1.29, 1.82) is 0 Å². The lowest BCUT2D eigenvalue weighted by Gasteiger charge is -2.29. The summed E-state index contributed by atoms with van der Waals surface area (Å²) < 4.78 is 16.2. The number of methoxy groups -OCH3 is 1. The highest BCUT2D eigenvalue weighted by Crippen LogP contribution is 2.33. The minimum Gasteiger partial charge on any atom is -0.384 e. The molecule has 0 radical (unpaired) electrons. The summed E-state index contributed by atoms with van der Waals surface area (Å²) in [4.78, 5) is 6.97. The largest absolute Gasteiger partial charge is 0.384 e. The lowest BCUT2D eigenvalue weighted by atomic mass is 9.87. The number of likely N-dealkylation sites (tertiary alicyclic amines) is 1. The summed E-state index contributed by atoms with van der Waals surface area (Å²) in [6.45, 7) is 3.41. The van der Waals surface area contributed by atoms with Crippen LogP contribution >= 0.6 is 0 Å². The van der Waals surface area contributed by atoms with Gasteiger partial charge in [-0.25, -0.2) is 0 Å². The minimum absolute atomic E-state index is 0.295. The molecule has 7 nitrogen and oxygen atoms in total. The second-order valence-electron chi connectivity index (χ2n) is 7.92. The van der Waals surface area contributed by atoms with Gasteiger partial charge in [-0.15, -0.1) is 0 Å². The van der Waals surface area contributed by atoms with Crippen LogP contribution in [-0.2, 0) is 17.7 Å². The number of ether oxygens (including phenoxy) is 1. The first-order valence-electron chi connectivity index (χ1n) is 10.3. The van der Waals surface area contributed by atoms with Crippen molar-refractivity contribution in [2.75, 3.05) is 26.8 Å². The molecular formula is C20H30N4O3. The third kappa shape index (κ3) is 4.76. The fraction of sp³-hybridized carbons (Fsp3) is 0.750. The predicted octanol–water partition coefficient (Wildman–Crippen LogP) is 3.67. The van der Waals surface area contributed by atoms with Crippen LogP contribution in [0.4, 0.5) is 0 Å². The first kappa shape index (κ1) is 18.6. The molecule has 27 heavy (non-hydrogen) atoms. The first-order valence-corrected chi connectivity index (χ1v) is 10.3. The Hall–Kier alpha value is -1.73. The summed E-state index contributed by atoms with van der Waals surface area (Å²) in [6.07, 6.45) is 9.41. The molecule has 0 bridgehead atoms.